The smallest absolute Gasteiger partial charge is 0.300 e. The van der Waals surface area contributed by atoms with E-state index in [-0.39, 0.29) is 11.9 Å². The number of carboxylic acid groups (broad SMARTS) is 1. The summed E-state index contributed by atoms with van der Waals surface area (Å²) in [7, 11) is 0. The van der Waals surface area contributed by atoms with Crippen molar-refractivity contribution in [3.05, 3.63) is 59.4 Å². The van der Waals surface area contributed by atoms with Gasteiger partial charge in [-0.3, -0.25) is 14.6 Å². The second-order valence-corrected chi connectivity index (χ2v) is 5.61. The minimum atomic E-state index is -0.833. The van der Waals surface area contributed by atoms with Crippen LogP contribution in [0.4, 0.5) is 0 Å². The lowest BCUT2D eigenvalue weighted by Crippen LogP contribution is -2.26. The predicted octanol–water partition coefficient (Wildman–Crippen LogP) is 2.31. The Hall–Kier alpha value is -2.93. The van der Waals surface area contributed by atoms with Crippen LogP contribution >= 0.6 is 0 Å². The van der Waals surface area contributed by atoms with Crippen molar-refractivity contribution in [2.45, 2.75) is 26.8 Å². The maximum Gasteiger partial charge on any atom is 0.300 e. The number of aryl methyl sites for hydroxylation is 1. The number of hydrogen-bond donors (Lipinski definition) is 3. The molecule has 4 N–H and O–H groups in total. The quantitative estimate of drug-likeness (QED) is 0.729. The molecule has 1 unspecified atom stereocenters. The molecule has 7 nitrogen and oxygen atoms in total. The van der Waals surface area contributed by atoms with E-state index in [0.717, 1.165) is 18.2 Å². The van der Waals surface area contributed by atoms with Crippen LogP contribution in [0.25, 0.3) is 0 Å². The zero-order valence-corrected chi connectivity index (χ0v) is 15.2. The lowest BCUT2D eigenvalue weighted by molar-refractivity contribution is -0.134. The Bertz CT molecular complexity index is 713. The van der Waals surface area contributed by atoms with Gasteiger partial charge in [-0.25, -0.2) is 0 Å². The highest BCUT2D eigenvalue weighted by Gasteiger charge is 2.12. The van der Waals surface area contributed by atoms with Crippen LogP contribution in [0.3, 0.4) is 0 Å². The van der Waals surface area contributed by atoms with Gasteiger partial charge >= 0.3 is 0 Å². The van der Waals surface area contributed by atoms with E-state index >= 15 is 0 Å². The average molecular weight is 359 g/mol. The van der Waals surface area contributed by atoms with Crippen molar-refractivity contribution in [3.63, 3.8) is 0 Å². The number of carbonyl (C=O) groups is 2. The Morgan fingerprint density at radius 3 is 2.58 bits per heavy atom. The summed E-state index contributed by atoms with van der Waals surface area (Å²) in [5.41, 5.74) is 7.88. The fraction of sp³-hybridized carbons (Fsp3) is 0.316. The highest BCUT2D eigenvalue weighted by molar-refractivity contribution is 5.94. The molecule has 2 rings (SSSR count). The van der Waals surface area contributed by atoms with Crippen molar-refractivity contribution in [1.82, 2.24) is 10.3 Å². The van der Waals surface area contributed by atoms with Crippen LogP contribution in [0.15, 0.2) is 42.6 Å². The number of carbonyl (C=O) groups excluding carboxylic acids is 1. The Morgan fingerprint density at radius 2 is 2.00 bits per heavy atom. The molecule has 26 heavy (non-hydrogen) atoms. The topological polar surface area (TPSA) is 115 Å². The third kappa shape index (κ3) is 7.76. The first-order valence-corrected chi connectivity index (χ1v) is 8.19. The van der Waals surface area contributed by atoms with E-state index in [1.165, 1.54) is 0 Å². The van der Waals surface area contributed by atoms with Gasteiger partial charge in [0.15, 0.2) is 0 Å². The lowest BCUT2D eigenvalue weighted by Gasteiger charge is -2.14. The van der Waals surface area contributed by atoms with Crippen molar-refractivity contribution in [2.75, 3.05) is 13.2 Å². The van der Waals surface area contributed by atoms with Crippen molar-refractivity contribution in [2.24, 2.45) is 5.73 Å². The molecule has 0 aliphatic heterocycles. The monoisotopic (exact) mass is 359 g/mol. The largest absolute Gasteiger partial charge is 0.492 e. The van der Waals surface area contributed by atoms with Gasteiger partial charge in [-0.05, 0) is 43.7 Å². The number of nitrogens with one attached hydrogen (secondary N) is 1. The van der Waals surface area contributed by atoms with Crippen LogP contribution in [0.5, 0.6) is 5.75 Å². The molecule has 1 atom stereocenters. The van der Waals surface area contributed by atoms with Gasteiger partial charge in [-0.2, -0.15) is 0 Å². The number of nitrogens with two attached hydrogens (primary N) is 1. The molecule has 1 aromatic carbocycles. The van der Waals surface area contributed by atoms with Crippen molar-refractivity contribution >= 4 is 11.9 Å². The van der Waals surface area contributed by atoms with Crippen LogP contribution in [0.2, 0.25) is 0 Å². The van der Waals surface area contributed by atoms with E-state index in [9.17, 15) is 4.79 Å². The summed E-state index contributed by atoms with van der Waals surface area (Å²) in [5.74, 6) is -0.339. The SMILES string of the molecule is CC(=O)O.Cc1ccc(C(C)NC(=O)c2cccc(OCCN)c2)cn1. The first-order valence-electron chi connectivity index (χ1n) is 8.19. The van der Waals surface area contributed by atoms with E-state index in [1.807, 2.05) is 26.0 Å². The summed E-state index contributed by atoms with van der Waals surface area (Å²) in [4.78, 5) is 25.6. The fourth-order valence-corrected chi connectivity index (χ4v) is 2.00. The first kappa shape index (κ1) is 21.1. The van der Waals surface area contributed by atoms with Gasteiger partial charge in [0.1, 0.15) is 12.4 Å². The van der Waals surface area contributed by atoms with E-state index in [1.54, 1.807) is 30.5 Å². The molecule has 0 aliphatic carbocycles. The lowest BCUT2D eigenvalue weighted by atomic mass is 10.1. The Kier molecular flexibility index (Phi) is 8.80. The third-order valence-electron chi connectivity index (χ3n) is 3.26. The molecule has 2 aromatic rings. The van der Waals surface area contributed by atoms with Crippen LogP contribution < -0.4 is 15.8 Å². The summed E-state index contributed by atoms with van der Waals surface area (Å²) in [6.07, 6.45) is 1.78. The van der Waals surface area contributed by atoms with E-state index < -0.39 is 5.97 Å². The summed E-state index contributed by atoms with van der Waals surface area (Å²) >= 11 is 0. The summed E-state index contributed by atoms with van der Waals surface area (Å²) in [6, 6.07) is 10.8. The van der Waals surface area contributed by atoms with Crippen LogP contribution in [-0.2, 0) is 4.79 Å². The summed E-state index contributed by atoms with van der Waals surface area (Å²) < 4.78 is 5.43. The van der Waals surface area contributed by atoms with E-state index in [2.05, 4.69) is 10.3 Å². The predicted molar refractivity (Wildman–Crippen MR) is 99.2 cm³/mol. The van der Waals surface area contributed by atoms with Crippen LogP contribution in [-0.4, -0.2) is 35.1 Å². The molecule has 1 aromatic heterocycles. The van der Waals surface area contributed by atoms with Crippen molar-refractivity contribution < 1.29 is 19.4 Å². The minimum absolute atomic E-state index is 0.116. The molecule has 0 saturated heterocycles. The Balaban J connectivity index is 0.000000765. The molecular weight excluding hydrogens is 334 g/mol. The second kappa shape index (κ2) is 10.8. The van der Waals surface area contributed by atoms with Crippen molar-refractivity contribution in [3.8, 4) is 5.75 Å². The van der Waals surface area contributed by atoms with E-state index in [0.29, 0.717) is 24.5 Å². The van der Waals surface area contributed by atoms with Gasteiger partial charge in [0.05, 0.1) is 6.04 Å². The number of aliphatic carboxylic acids is 1. The molecular formula is C19H25N3O4. The van der Waals surface area contributed by atoms with Gasteiger partial charge in [0.25, 0.3) is 11.9 Å². The number of rotatable bonds is 6. The highest BCUT2D eigenvalue weighted by atomic mass is 16.5. The molecule has 0 aliphatic rings. The molecule has 0 spiro atoms. The molecule has 1 heterocycles. The normalized spacial score (nSPS) is 10.9. The molecule has 0 saturated carbocycles. The number of nitrogens with zero attached hydrogens (tertiary/aromatic N) is 1. The number of aromatic nitrogens is 1. The Morgan fingerprint density at radius 1 is 1.31 bits per heavy atom. The molecule has 1 amide bonds. The third-order valence-corrected chi connectivity index (χ3v) is 3.26. The van der Waals surface area contributed by atoms with Crippen LogP contribution in [0.1, 0.15) is 41.5 Å². The number of pyridine rings is 1. The fourth-order valence-electron chi connectivity index (χ4n) is 2.00. The van der Waals surface area contributed by atoms with Gasteiger partial charge in [0, 0.05) is 30.9 Å². The molecule has 7 heteroatoms. The molecule has 0 radical (unpaired) electrons. The summed E-state index contributed by atoms with van der Waals surface area (Å²) in [6.45, 7) is 5.81. The average Bonchev–Trinajstić information content (AvgIpc) is 2.60. The van der Waals surface area contributed by atoms with Gasteiger partial charge < -0.3 is 20.9 Å². The summed E-state index contributed by atoms with van der Waals surface area (Å²) in [5, 5.41) is 10.4. The number of carboxylic acids is 1. The van der Waals surface area contributed by atoms with Gasteiger partial charge in [-0.15, -0.1) is 0 Å². The Labute approximate surface area is 153 Å². The van der Waals surface area contributed by atoms with Gasteiger partial charge in [0.2, 0.25) is 0 Å². The van der Waals surface area contributed by atoms with Gasteiger partial charge in [-0.1, -0.05) is 12.1 Å². The highest BCUT2D eigenvalue weighted by Crippen LogP contribution is 2.16. The van der Waals surface area contributed by atoms with Crippen LogP contribution in [0, 0.1) is 6.92 Å². The zero-order valence-electron chi connectivity index (χ0n) is 15.2. The molecule has 0 bridgehead atoms. The molecule has 140 valence electrons. The van der Waals surface area contributed by atoms with E-state index in [4.69, 9.17) is 20.4 Å². The number of amides is 1. The minimum Gasteiger partial charge on any atom is -0.492 e. The maximum atomic E-state index is 12.3. The first-order chi connectivity index (χ1) is 12.3. The maximum absolute atomic E-state index is 12.3. The standard InChI is InChI=1S/C17H21N3O2.C2H4O2/c1-12-6-7-15(11-19-12)13(2)20-17(21)14-4-3-5-16(10-14)22-9-8-18;1-2(3)4/h3-7,10-11,13H,8-9,18H2,1-2H3,(H,20,21);1H3,(H,3,4). The zero-order chi connectivity index (χ0) is 19.5. The number of ether oxygens (including phenoxy) is 1. The number of benzene rings is 1. The van der Waals surface area contributed by atoms with Crippen molar-refractivity contribution in [1.29, 1.82) is 0 Å². The number of hydrogen-bond acceptors (Lipinski definition) is 5. The molecule has 0 fully saturated rings. The second-order valence-electron chi connectivity index (χ2n) is 5.61.